The molecule has 46 heavy (non-hydrogen) atoms. The van der Waals surface area contributed by atoms with Crippen molar-refractivity contribution in [1.29, 1.82) is 0 Å². The van der Waals surface area contributed by atoms with Gasteiger partial charge in [0.1, 0.15) is 37.1 Å². The van der Waals surface area contributed by atoms with Crippen LogP contribution in [0.3, 0.4) is 0 Å². The monoisotopic (exact) mass is 652 g/mol. The zero-order chi connectivity index (χ0) is 33.4. The highest BCUT2D eigenvalue weighted by Gasteiger charge is 2.50. The molecule has 0 radical (unpaired) electrons. The van der Waals surface area contributed by atoms with Crippen LogP contribution < -0.4 is 0 Å². The first kappa shape index (κ1) is 37.6. The van der Waals surface area contributed by atoms with Crippen molar-refractivity contribution in [3.8, 4) is 0 Å². The van der Waals surface area contributed by atoms with E-state index in [1.54, 1.807) is 0 Å². The van der Waals surface area contributed by atoms with Gasteiger partial charge in [0, 0.05) is 6.42 Å². The van der Waals surface area contributed by atoms with Gasteiger partial charge in [0.2, 0.25) is 0 Å². The van der Waals surface area contributed by atoms with Gasteiger partial charge in [-0.05, 0) is 79.4 Å². The number of fused-ring (bicyclic) bond motifs is 3. The van der Waals surface area contributed by atoms with Gasteiger partial charge in [-0.3, -0.25) is 0 Å². The molecule has 4 N–H and O–H groups in total. The predicted molar refractivity (Wildman–Crippen MR) is 176 cm³/mol. The van der Waals surface area contributed by atoms with E-state index in [0.717, 1.165) is 55.3 Å². The standard InChI is InChI=1S/C37H64O9/c1-6-25(24(4)10-7-9-23(2)3)13-14-26-11-8-12-30-29(26)16-15-27-21-28(17-18-37(27,30)5)45-36(42)44-20-19-43-35-34(41)33(40)32(39)31(22-38)46-35/h15,23-26,28-35,38-41H,6-14,16-22H2,1-5H3/t24-,25?,26?,28?,29?,30?,31?,32-,33?,34?,35?,37?/m1/s1. The fourth-order valence-electron chi connectivity index (χ4n) is 9.25. The minimum atomic E-state index is -1.52. The quantitative estimate of drug-likeness (QED) is 0.0934. The smallest absolute Gasteiger partial charge is 0.432 e. The molecule has 1 saturated heterocycles. The highest BCUT2D eigenvalue weighted by atomic mass is 16.7. The lowest BCUT2D eigenvalue weighted by atomic mass is 9.51. The van der Waals surface area contributed by atoms with Gasteiger partial charge in [0.25, 0.3) is 0 Å². The highest BCUT2D eigenvalue weighted by Crippen LogP contribution is 2.58. The van der Waals surface area contributed by atoms with E-state index in [-0.39, 0.29) is 24.7 Å². The van der Waals surface area contributed by atoms with Crippen LogP contribution in [0.15, 0.2) is 11.6 Å². The summed E-state index contributed by atoms with van der Waals surface area (Å²) in [6.45, 7) is 11.2. The Kier molecular flexibility index (Phi) is 14.2. The fourth-order valence-corrected chi connectivity index (χ4v) is 9.25. The second-order valence-corrected chi connectivity index (χ2v) is 15.5. The third-order valence-corrected chi connectivity index (χ3v) is 12.2. The van der Waals surface area contributed by atoms with Gasteiger partial charge in [0.05, 0.1) is 13.2 Å². The Balaban J connectivity index is 1.22. The Hall–Kier alpha value is -1.23. The topological polar surface area (TPSA) is 135 Å². The zero-order valence-corrected chi connectivity index (χ0v) is 29.1. The summed E-state index contributed by atoms with van der Waals surface area (Å²) in [5.74, 6) is 4.75. The van der Waals surface area contributed by atoms with E-state index >= 15 is 0 Å². The third kappa shape index (κ3) is 9.26. The van der Waals surface area contributed by atoms with Gasteiger partial charge in [-0.25, -0.2) is 4.79 Å². The van der Waals surface area contributed by atoms with E-state index in [1.807, 2.05) is 0 Å². The Morgan fingerprint density at radius 2 is 1.83 bits per heavy atom. The zero-order valence-electron chi connectivity index (χ0n) is 29.1. The molecule has 0 aromatic heterocycles. The molecule has 9 heteroatoms. The summed E-state index contributed by atoms with van der Waals surface area (Å²) in [6.07, 6.45) is 10.6. The molecule has 0 aromatic rings. The van der Waals surface area contributed by atoms with Crippen LogP contribution in [0.4, 0.5) is 4.79 Å². The van der Waals surface area contributed by atoms with Crippen LogP contribution in [0.1, 0.15) is 118 Å². The summed E-state index contributed by atoms with van der Waals surface area (Å²) in [4.78, 5) is 12.5. The van der Waals surface area contributed by atoms with Gasteiger partial charge in [-0.2, -0.15) is 0 Å². The van der Waals surface area contributed by atoms with Gasteiger partial charge >= 0.3 is 6.16 Å². The summed E-state index contributed by atoms with van der Waals surface area (Å²) in [5.41, 5.74) is 1.63. The number of carbonyl (C=O) groups excluding carboxylic acids is 1. The maximum Gasteiger partial charge on any atom is 0.508 e. The number of rotatable bonds is 15. The summed E-state index contributed by atoms with van der Waals surface area (Å²) in [5, 5.41) is 39.2. The predicted octanol–water partition coefficient (Wildman–Crippen LogP) is 6.15. The Labute approximate surface area is 277 Å². The van der Waals surface area contributed by atoms with Gasteiger partial charge < -0.3 is 39.4 Å². The molecular formula is C37H64O9. The third-order valence-electron chi connectivity index (χ3n) is 12.2. The van der Waals surface area contributed by atoms with E-state index in [4.69, 9.17) is 18.9 Å². The van der Waals surface area contributed by atoms with E-state index in [1.165, 1.54) is 63.4 Å². The largest absolute Gasteiger partial charge is 0.508 e. The number of aliphatic hydroxyl groups is 4. The lowest BCUT2D eigenvalue weighted by Gasteiger charge is -2.54. The Bertz CT molecular complexity index is 968. The molecule has 0 bridgehead atoms. The van der Waals surface area contributed by atoms with E-state index in [9.17, 15) is 25.2 Å². The molecule has 4 rings (SSSR count). The van der Waals surface area contributed by atoms with Crippen molar-refractivity contribution in [2.75, 3.05) is 19.8 Å². The molecule has 0 spiro atoms. The first-order valence-electron chi connectivity index (χ1n) is 18.4. The van der Waals surface area contributed by atoms with Crippen molar-refractivity contribution in [3.63, 3.8) is 0 Å². The van der Waals surface area contributed by atoms with Crippen LogP contribution in [-0.2, 0) is 18.9 Å². The van der Waals surface area contributed by atoms with Crippen molar-refractivity contribution < 1.29 is 44.2 Å². The van der Waals surface area contributed by atoms with E-state index < -0.39 is 43.5 Å². The number of hydrogen-bond acceptors (Lipinski definition) is 9. The Morgan fingerprint density at radius 3 is 2.54 bits per heavy atom. The second kappa shape index (κ2) is 17.4. The number of aliphatic hydroxyl groups excluding tert-OH is 4. The molecule has 0 amide bonds. The van der Waals surface area contributed by atoms with Gasteiger partial charge in [-0.1, -0.05) is 84.8 Å². The molecule has 9 nitrogen and oxygen atoms in total. The van der Waals surface area contributed by atoms with Gasteiger partial charge in [-0.15, -0.1) is 0 Å². The number of carbonyl (C=O) groups is 1. The minimum Gasteiger partial charge on any atom is -0.432 e. The highest BCUT2D eigenvalue weighted by molar-refractivity contribution is 5.60. The number of ether oxygens (including phenoxy) is 4. The molecule has 3 aliphatic carbocycles. The average molecular weight is 653 g/mol. The van der Waals surface area contributed by atoms with E-state index in [0.29, 0.717) is 5.92 Å². The minimum absolute atomic E-state index is 0.105. The molecule has 0 aromatic carbocycles. The lowest BCUT2D eigenvalue weighted by molar-refractivity contribution is -0.302. The second-order valence-electron chi connectivity index (χ2n) is 15.5. The van der Waals surface area contributed by atoms with Crippen LogP contribution >= 0.6 is 0 Å². The SMILES string of the molecule is CCC(CCC1CCCC2C1CC=C1CC(OC(=O)OCCOC3OC(CO)[C@@H](O)C(O)C3O)CCC12C)[C@H](C)CCCC(C)C. The Morgan fingerprint density at radius 1 is 1.04 bits per heavy atom. The molecule has 10 unspecified atom stereocenters. The van der Waals surface area contributed by atoms with Crippen molar-refractivity contribution >= 4 is 6.16 Å². The van der Waals surface area contributed by atoms with Crippen LogP contribution in [0.5, 0.6) is 0 Å². The lowest BCUT2D eigenvalue weighted by Crippen LogP contribution is -2.59. The summed E-state index contributed by atoms with van der Waals surface area (Å²) < 4.78 is 21.7. The van der Waals surface area contributed by atoms with Crippen LogP contribution in [-0.4, -0.2) is 83.2 Å². The van der Waals surface area contributed by atoms with Crippen molar-refractivity contribution in [1.82, 2.24) is 0 Å². The molecule has 3 fully saturated rings. The number of hydrogen-bond donors (Lipinski definition) is 4. The van der Waals surface area contributed by atoms with Crippen molar-refractivity contribution in [3.05, 3.63) is 11.6 Å². The van der Waals surface area contributed by atoms with E-state index in [2.05, 4.69) is 40.7 Å². The molecule has 1 aliphatic heterocycles. The van der Waals surface area contributed by atoms with Crippen LogP contribution in [0.25, 0.3) is 0 Å². The molecule has 2 saturated carbocycles. The van der Waals surface area contributed by atoms with Crippen molar-refractivity contribution in [2.45, 2.75) is 155 Å². The normalized spacial score (nSPS) is 37.5. The maximum atomic E-state index is 12.5. The maximum absolute atomic E-state index is 12.5. The molecule has 4 aliphatic rings. The first-order valence-corrected chi connectivity index (χ1v) is 18.4. The van der Waals surface area contributed by atoms with Crippen LogP contribution in [0.2, 0.25) is 0 Å². The molecule has 1 heterocycles. The average Bonchev–Trinajstić information content (AvgIpc) is 3.03. The molecule has 266 valence electrons. The summed E-state index contributed by atoms with van der Waals surface area (Å²) in [6, 6.07) is 0. The van der Waals surface area contributed by atoms with Gasteiger partial charge in [0.15, 0.2) is 6.29 Å². The fraction of sp³-hybridized carbons (Fsp3) is 0.919. The number of allylic oxidation sites excluding steroid dienone is 1. The van der Waals surface area contributed by atoms with Crippen LogP contribution in [0, 0.1) is 40.9 Å². The summed E-state index contributed by atoms with van der Waals surface area (Å²) >= 11 is 0. The molecule has 12 atom stereocenters. The first-order chi connectivity index (χ1) is 22.0. The molecular weight excluding hydrogens is 588 g/mol. The summed E-state index contributed by atoms with van der Waals surface area (Å²) in [7, 11) is 0. The van der Waals surface area contributed by atoms with Crippen molar-refractivity contribution in [2.24, 2.45) is 40.9 Å².